The van der Waals surface area contributed by atoms with Gasteiger partial charge in [0.1, 0.15) is 0 Å². The SMILES string of the molecule is CN(C)OS(=O)(=O)c1ccc2c(c1)CC(=O)N2. The lowest BCUT2D eigenvalue weighted by molar-refractivity contribution is -0.115. The number of nitrogens with zero attached hydrogens (tertiary/aromatic N) is 1. The van der Waals surface area contributed by atoms with Gasteiger partial charge in [-0.2, -0.15) is 17.8 Å². The molecule has 1 aromatic carbocycles. The van der Waals surface area contributed by atoms with E-state index in [2.05, 4.69) is 5.32 Å². The first kappa shape index (κ1) is 12.0. The summed E-state index contributed by atoms with van der Waals surface area (Å²) in [6.45, 7) is 0. The van der Waals surface area contributed by atoms with Crippen LogP contribution in [-0.4, -0.2) is 33.5 Å². The van der Waals surface area contributed by atoms with Crippen molar-refractivity contribution in [2.75, 3.05) is 19.4 Å². The molecule has 1 aliphatic rings. The number of carbonyl (C=O) groups excluding carboxylic acids is 1. The van der Waals surface area contributed by atoms with Gasteiger partial charge in [-0.05, 0) is 23.8 Å². The van der Waals surface area contributed by atoms with E-state index in [-0.39, 0.29) is 17.2 Å². The fourth-order valence-electron chi connectivity index (χ4n) is 1.60. The van der Waals surface area contributed by atoms with Gasteiger partial charge >= 0.3 is 10.1 Å². The van der Waals surface area contributed by atoms with Crippen LogP contribution in [0.3, 0.4) is 0 Å². The van der Waals surface area contributed by atoms with Gasteiger partial charge in [0, 0.05) is 19.8 Å². The van der Waals surface area contributed by atoms with Crippen molar-refractivity contribution in [3.63, 3.8) is 0 Å². The molecule has 1 aromatic rings. The lowest BCUT2D eigenvalue weighted by Gasteiger charge is -2.10. The Bertz CT molecular complexity index is 566. The number of hydrogen-bond acceptors (Lipinski definition) is 5. The van der Waals surface area contributed by atoms with Gasteiger partial charge in [-0.3, -0.25) is 4.79 Å². The number of anilines is 1. The molecule has 0 saturated carbocycles. The molecule has 0 fully saturated rings. The first-order valence-electron chi connectivity index (χ1n) is 4.93. The second-order valence-corrected chi connectivity index (χ2v) is 5.41. The van der Waals surface area contributed by atoms with Crippen molar-refractivity contribution in [1.29, 1.82) is 0 Å². The third-order valence-corrected chi connectivity index (χ3v) is 3.56. The van der Waals surface area contributed by atoms with E-state index in [0.29, 0.717) is 11.3 Å². The summed E-state index contributed by atoms with van der Waals surface area (Å²) in [6, 6.07) is 4.42. The molecule has 17 heavy (non-hydrogen) atoms. The van der Waals surface area contributed by atoms with Crippen molar-refractivity contribution in [3.05, 3.63) is 23.8 Å². The molecule has 0 aliphatic carbocycles. The summed E-state index contributed by atoms with van der Waals surface area (Å²) in [5, 5.41) is 3.73. The molecule has 6 nitrogen and oxygen atoms in total. The summed E-state index contributed by atoms with van der Waals surface area (Å²) in [6.07, 6.45) is 0.195. The number of benzene rings is 1. The quantitative estimate of drug-likeness (QED) is 0.790. The Balaban J connectivity index is 2.36. The van der Waals surface area contributed by atoms with Crippen LogP contribution in [0.4, 0.5) is 5.69 Å². The number of amides is 1. The summed E-state index contributed by atoms with van der Waals surface area (Å²) >= 11 is 0. The zero-order chi connectivity index (χ0) is 12.6. The van der Waals surface area contributed by atoms with E-state index in [0.717, 1.165) is 5.06 Å². The zero-order valence-corrected chi connectivity index (χ0v) is 10.2. The minimum absolute atomic E-state index is 0.0430. The van der Waals surface area contributed by atoms with Crippen LogP contribution in [0.1, 0.15) is 5.56 Å². The highest BCUT2D eigenvalue weighted by Gasteiger charge is 2.23. The molecule has 0 bridgehead atoms. The van der Waals surface area contributed by atoms with E-state index < -0.39 is 10.1 Å². The van der Waals surface area contributed by atoms with Gasteiger partial charge < -0.3 is 5.32 Å². The number of hydrogen-bond donors (Lipinski definition) is 1. The van der Waals surface area contributed by atoms with Crippen molar-refractivity contribution in [2.45, 2.75) is 11.3 Å². The summed E-state index contributed by atoms with van der Waals surface area (Å²) < 4.78 is 28.2. The first-order chi connectivity index (χ1) is 7.88. The largest absolute Gasteiger partial charge is 0.326 e. The number of fused-ring (bicyclic) bond motifs is 1. The summed E-state index contributed by atoms with van der Waals surface area (Å²) in [4.78, 5) is 11.2. The van der Waals surface area contributed by atoms with Crippen LogP contribution >= 0.6 is 0 Å². The predicted octanol–water partition coefficient (Wildman–Crippen LogP) is 0.363. The topological polar surface area (TPSA) is 75.7 Å². The molecule has 2 rings (SSSR count). The fourth-order valence-corrected chi connectivity index (χ4v) is 2.60. The smallest absolute Gasteiger partial charge is 0.313 e. The number of rotatable bonds is 3. The molecule has 1 aliphatic heterocycles. The van der Waals surface area contributed by atoms with Crippen molar-refractivity contribution < 1.29 is 17.5 Å². The highest BCUT2D eigenvalue weighted by molar-refractivity contribution is 7.86. The Morgan fingerprint density at radius 3 is 2.71 bits per heavy atom. The van der Waals surface area contributed by atoms with Crippen molar-refractivity contribution in [3.8, 4) is 0 Å². The van der Waals surface area contributed by atoms with Crippen molar-refractivity contribution >= 4 is 21.7 Å². The average Bonchev–Trinajstić information content (AvgIpc) is 2.54. The van der Waals surface area contributed by atoms with Gasteiger partial charge in [0.25, 0.3) is 0 Å². The third-order valence-electron chi connectivity index (χ3n) is 2.24. The fraction of sp³-hybridized carbons (Fsp3) is 0.300. The van der Waals surface area contributed by atoms with Crippen LogP contribution in [0.5, 0.6) is 0 Å². The minimum Gasteiger partial charge on any atom is -0.326 e. The van der Waals surface area contributed by atoms with E-state index in [9.17, 15) is 13.2 Å². The second kappa shape index (κ2) is 4.10. The summed E-state index contributed by atoms with van der Waals surface area (Å²) in [5.41, 5.74) is 1.32. The minimum atomic E-state index is -3.81. The molecule has 92 valence electrons. The highest BCUT2D eigenvalue weighted by Crippen LogP contribution is 2.26. The summed E-state index contributed by atoms with van der Waals surface area (Å²) in [7, 11) is -0.847. The maximum absolute atomic E-state index is 11.8. The first-order valence-corrected chi connectivity index (χ1v) is 6.34. The standard InChI is InChI=1S/C10H12N2O4S/c1-12(2)16-17(14,15)8-3-4-9-7(5-8)6-10(13)11-9/h3-5H,6H2,1-2H3,(H,11,13). The van der Waals surface area contributed by atoms with E-state index >= 15 is 0 Å². The molecule has 1 amide bonds. The molecular weight excluding hydrogens is 244 g/mol. The number of hydroxylamine groups is 2. The van der Waals surface area contributed by atoms with Crippen LogP contribution in [-0.2, 0) is 25.6 Å². The van der Waals surface area contributed by atoms with Crippen LogP contribution in [0.25, 0.3) is 0 Å². The van der Waals surface area contributed by atoms with Crippen molar-refractivity contribution in [1.82, 2.24) is 5.06 Å². The molecule has 0 unspecified atom stereocenters. The van der Waals surface area contributed by atoms with E-state index in [1.165, 1.54) is 26.2 Å². The van der Waals surface area contributed by atoms with Crippen LogP contribution < -0.4 is 5.32 Å². The Morgan fingerprint density at radius 1 is 1.35 bits per heavy atom. The average molecular weight is 256 g/mol. The number of carbonyl (C=O) groups is 1. The molecule has 0 aromatic heterocycles. The summed E-state index contributed by atoms with van der Waals surface area (Å²) in [5.74, 6) is -0.136. The normalized spacial score (nSPS) is 14.9. The van der Waals surface area contributed by atoms with Crippen LogP contribution in [0.2, 0.25) is 0 Å². The molecular formula is C10H12N2O4S. The molecule has 1 N–H and O–H groups in total. The highest BCUT2D eigenvalue weighted by atomic mass is 32.2. The zero-order valence-electron chi connectivity index (χ0n) is 9.43. The lowest BCUT2D eigenvalue weighted by atomic mass is 10.2. The monoisotopic (exact) mass is 256 g/mol. The Morgan fingerprint density at radius 2 is 2.06 bits per heavy atom. The molecule has 7 heteroatoms. The molecule has 0 radical (unpaired) electrons. The number of nitrogens with one attached hydrogen (secondary N) is 1. The van der Waals surface area contributed by atoms with Gasteiger partial charge in [-0.15, -0.1) is 0 Å². The molecule has 0 saturated heterocycles. The van der Waals surface area contributed by atoms with Gasteiger partial charge in [0.15, 0.2) is 0 Å². The molecule has 0 atom stereocenters. The van der Waals surface area contributed by atoms with E-state index in [1.54, 1.807) is 6.07 Å². The molecule has 0 spiro atoms. The van der Waals surface area contributed by atoms with Gasteiger partial charge in [-0.1, -0.05) is 0 Å². The van der Waals surface area contributed by atoms with Crippen LogP contribution in [0.15, 0.2) is 23.1 Å². The Kier molecular flexibility index (Phi) is 2.90. The van der Waals surface area contributed by atoms with Crippen molar-refractivity contribution in [2.24, 2.45) is 0 Å². The maximum atomic E-state index is 11.8. The Labute approximate surface area is 99.3 Å². The van der Waals surface area contributed by atoms with E-state index in [4.69, 9.17) is 4.28 Å². The third kappa shape index (κ3) is 2.46. The molecule has 1 heterocycles. The van der Waals surface area contributed by atoms with Gasteiger partial charge in [0.05, 0.1) is 11.3 Å². The lowest BCUT2D eigenvalue weighted by Crippen LogP contribution is -2.19. The Hall–Kier alpha value is -1.44. The van der Waals surface area contributed by atoms with E-state index in [1.807, 2.05) is 0 Å². The van der Waals surface area contributed by atoms with Gasteiger partial charge in [0.2, 0.25) is 5.91 Å². The van der Waals surface area contributed by atoms with Gasteiger partial charge in [-0.25, -0.2) is 0 Å². The predicted molar refractivity (Wildman–Crippen MR) is 60.7 cm³/mol. The van der Waals surface area contributed by atoms with Crippen LogP contribution in [0, 0.1) is 0 Å². The second-order valence-electron chi connectivity index (χ2n) is 3.88. The maximum Gasteiger partial charge on any atom is 0.313 e.